The Morgan fingerprint density at radius 1 is 1.33 bits per heavy atom. The monoisotopic (exact) mass is 270 g/mol. The zero-order chi connectivity index (χ0) is 13.1. The van der Waals surface area contributed by atoms with E-state index in [1.807, 2.05) is 7.05 Å². The molecule has 1 saturated carbocycles. The van der Waals surface area contributed by atoms with E-state index in [0.717, 1.165) is 25.7 Å². The third-order valence-corrected chi connectivity index (χ3v) is 4.03. The normalized spacial score (nSPS) is 24.5. The van der Waals surface area contributed by atoms with E-state index in [4.69, 9.17) is 17.3 Å². The number of hydrogen-bond donors (Lipinski definition) is 1. The molecule has 2 rings (SSSR count). The summed E-state index contributed by atoms with van der Waals surface area (Å²) in [4.78, 5) is 2.21. The lowest BCUT2D eigenvalue weighted by Gasteiger charge is -2.33. The second kappa shape index (κ2) is 6.00. The van der Waals surface area contributed by atoms with Crippen LogP contribution in [-0.2, 0) is 6.54 Å². The summed E-state index contributed by atoms with van der Waals surface area (Å²) in [6, 6.07) is 5.57. The molecule has 100 valence electrons. The first-order valence-corrected chi connectivity index (χ1v) is 6.84. The highest BCUT2D eigenvalue weighted by molar-refractivity contribution is 6.30. The maximum absolute atomic E-state index is 13.7. The number of rotatable bonds is 3. The van der Waals surface area contributed by atoms with Crippen LogP contribution in [0.5, 0.6) is 0 Å². The second-order valence-corrected chi connectivity index (χ2v) is 5.66. The molecule has 0 atom stereocenters. The topological polar surface area (TPSA) is 29.3 Å². The molecule has 2 N–H and O–H groups in total. The van der Waals surface area contributed by atoms with Gasteiger partial charge in [0.15, 0.2) is 0 Å². The van der Waals surface area contributed by atoms with Gasteiger partial charge < -0.3 is 5.73 Å². The molecule has 0 heterocycles. The maximum atomic E-state index is 13.7. The first kappa shape index (κ1) is 13.8. The molecule has 1 fully saturated rings. The summed E-state index contributed by atoms with van der Waals surface area (Å²) in [6.07, 6.45) is 4.32. The summed E-state index contributed by atoms with van der Waals surface area (Å²) >= 11 is 5.90. The largest absolute Gasteiger partial charge is 0.328 e. The summed E-state index contributed by atoms with van der Waals surface area (Å²) < 4.78 is 13.7. The number of nitrogens with two attached hydrogens (primary N) is 1. The molecule has 0 unspecified atom stereocenters. The Labute approximate surface area is 113 Å². The molecule has 0 aliphatic heterocycles. The van der Waals surface area contributed by atoms with Gasteiger partial charge in [0, 0.05) is 29.2 Å². The van der Waals surface area contributed by atoms with Gasteiger partial charge in [-0.2, -0.15) is 0 Å². The van der Waals surface area contributed by atoms with Crippen LogP contribution < -0.4 is 5.73 Å². The summed E-state index contributed by atoms with van der Waals surface area (Å²) in [5.41, 5.74) is 6.56. The van der Waals surface area contributed by atoms with E-state index in [2.05, 4.69) is 4.90 Å². The molecule has 2 nitrogen and oxygen atoms in total. The first-order chi connectivity index (χ1) is 8.56. The molecule has 18 heavy (non-hydrogen) atoms. The van der Waals surface area contributed by atoms with Gasteiger partial charge in [0.25, 0.3) is 0 Å². The molecule has 1 aromatic rings. The zero-order valence-corrected chi connectivity index (χ0v) is 11.5. The minimum absolute atomic E-state index is 0.182. The fourth-order valence-electron chi connectivity index (χ4n) is 2.60. The lowest BCUT2D eigenvalue weighted by Crippen LogP contribution is -2.38. The number of halogens is 2. The Hall–Kier alpha value is -0.640. The van der Waals surface area contributed by atoms with Gasteiger partial charge in [0.2, 0.25) is 0 Å². The van der Waals surface area contributed by atoms with Crippen molar-refractivity contribution in [2.75, 3.05) is 7.05 Å². The van der Waals surface area contributed by atoms with Crippen molar-refractivity contribution in [1.29, 1.82) is 0 Å². The van der Waals surface area contributed by atoms with Crippen LogP contribution in [0.3, 0.4) is 0 Å². The van der Waals surface area contributed by atoms with E-state index in [1.165, 1.54) is 6.07 Å². The highest BCUT2D eigenvalue weighted by atomic mass is 35.5. The van der Waals surface area contributed by atoms with Gasteiger partial charge >= 0.3 is 0 Å². The lowest BCUT2D eigenvalue weighted by atomic mass is 9.91. The van der Waals surface area contributed by atoms with Gasteiger partial charge in [-0.1, -0.05) is 11.6 Å². The first-order valence-electron chi connectivity index (χ1n) is 6.46. The molecule has 1 aliphatic rings. The summed E-state index contributed by atoms with van der Waals surface area (Å²) in [6.45, 7) is 0.603. The van der Waals surface area contributed by atoms with Crippen molar-refractivity contribution in [2.45, 2.75) is 44.3 Å². The van der Waals surface area contributed by atoms with Crippen LogP contribution in [0, 0.1) is 5.82 Å². The molecular weight excluding hydrogens is 251 g/mol. The molecule has 1 aliphatic carbocycles. The summed E-state index contributed by atoms with van der Waals surface area (Å²) in [5, 5.41) is 0.588. The van der Waals surface area contributed by atoms with Crippen LogP contribution in [0.1, 0.15) is 31.2 Å². The van der Waals surface area contributed by atoms with Crippen LogP contribution in [-0.4, -0.2) is 24.0 Å². The molecular formula is C14H20ClFN2. The number of nitrogens with zero attached hydrogens (tertiary/aromatic N) is 1. The fourth-order valence-corrected chi connectivity index (χ4v) is 2.80. The van der Waals surface area contributed by atoms with E-state index in [0.29, 0.717) is 29.2 Å². The standard InChI is InChI=1S/C14H20ClFN2/c1-18(13-5-3-12(17)4-6-13)9-10-8-11(15)2-7-14(10)16/h2,7-8,12-13H,3-6,9,17H2,1H3. The van der Waals surface area contributed by atoms with Crippen molar-refractivity contribution in [3.8, 4) is 0 Å². The minimum Gasteiger partial charge on any atom is -0.328 e. The van der Waals surface area contributed by atoms with E-state index in [1.54, 1.807) is 12.1 Å². The highest BCUT2D eigenvalue weighted by Gasteiger charge is 2.22. The van der Waals surface area contributed by atoms with Crippen molar-refractivity contribution >= 4 is 11.6 Å². The lowest BCUT2D eigenvalue weighted by molar-refractivity contribution is 0.174. The average molecular weight is 271 g/mol. The maximum Gasteiger partial charge on any atom is 0.127 e. The second-order valence-electron chi connectivity index (χ2n) is 5.22. The van der Waals surface area contributed by atoms with Crippen LogP contribution in [0.25, 0.3) is 0 Å². The summed E-state index contributed by atoms with van der Waals surface area (Å²) in [7, 11) is 2.04. The predicted molar refractivity (Wildman–Crippen MR) is 73.1 cm³/mol. The van der Waals surface area contributed by atoms with Crippen LogP contribution >= 0.6 is 11.6 Å². The smallest absolute Gasteiger partial charge is 0.127 e. The van der Waals surface area contributed by atoms with Gasteiger partial charge in [-0.25, -0.2) is 4.39 Å². The Balaban J connectivity index is 1.98. The molecule has 1 aromatic carbocycles. The minimum atomic E-state index is -0.182. The van der Waals surface area contributed by atoms with E-state index in [9.17, 15) is 4.39 Å². The number of hydrogen-bond acceptors (Lipinski definition) is 2. The van der Waals surface area contributed by atoms with Crippen LogP contribution in [0.15, 0.2) is 18.2 Å². The van der Waals surface area contributed by atoms with Crippen LogP contribution in [0.2, 0.25) is 5.02 Å². The Morgan fingerprint density at radius 2 is 2.00 bits per heavy atom. The SMILES string of the molecule is CN(Cc1cc(Cl)ccc1F)C1CCC(N)CC1. The van der Waals surface area contributed by atoms with Gasteiger partial charge in [-0.15, -0.1) is 0 Å². The Bertz CT molecular complexity index is 403. The van der Waals surface area contributed by atoms with Crippen molar-refractivity contribution in [1.82, 2.24) is 4.90 Å². The van der Waals surface area contributed by atoms with E-state index in [-0.39, 0.29) is 5.82 Å². The Kier molecular flexibility index (Phi) is 4.60. The van der Waals surface area contributed by atoms with Crippen molar-refractivity contribution in [3.05, 3.63) is 34.6 Å². The molecule has 0 saturated heterocycles. The molecule has 4 heteroatoms. The van der Waals surface area contributed by atoms with E-state index < -0.39 is 0 Å². The summed E-state index contributed by atoms with van der Waals surface area (Å²) in [5.74, 6) is -0.182. The van der Waals surface area contributed by atoms with Crippen LogP contribution in [0.4, 0.5) is 4.39 Å². The molecule has 0 aromatic heterocycles. The predicted octanol–water partition coefficient (Wildman–Crippen LogP) is 3.18. The van der Waals surface area contributed by atoms with Crippen molar-refractivity contribution < 1.29 is 4.39 Å². The van der Waals surface area contributed by atoms with Gasteiger partial charge in [0.05, 0.1) is 0 Å². The van der Waals surface area contributed by atoms with Crippen molar-refractivity contribution in [2.24, 2.45) is 5.73 Å². The molecule has 0 amide bonds. The molecule has 0 radical (unpaired) electrons. The zero-order valence-electron chi connectivity index (χ0n) is 10.7. The third-order valence-electron chi connectivity index (χ3n) is 3.79. The Morgan fingerprint density at radius 3 is 2.67 bits per heavy atom. The van der Waals surface area contributed by atoms with Gasteiger partial charge in [0.1, 0.15) is 5.82 Å². The highest BCUT2D eigenvalue weighted by Crippen LogP contribution is 2.24. The molecule has 0 spiro atoms. The van der Waals surface area contributed by atoms with Crippen molar-refractivity contribution in [3.63, 3.8) is 0 Å². The van der Waals surface area contributed by atoms with Gasteiger partial charge in [-0.05, 0) is 50.9 Å². The number of benzene rings is 1. The quantitative estimate of drug-likeness (QED) is 0.914. The van der Waals surface area contributed by atoms with Gasteiger partial charge in [-0.3, -0.25) is 4.90 Å². The fraction of sp³-hybridized carbons (Fsp3) is 0.571. The third kappa shape index (κ3) is 3.44. The average Bonchev–Trinajstić information content (AvgIpc) is 2.34. The van der Waals surface area contributed by atoms with E-state index >= 15 is 0 Å². The molecule has 0 bridgehead atoms.